The minimum atomic E-state index is -0.683. The minimum absolute atomic E-state index is 0.0873. The van der Waals surface area contributed by atoms with E-state index in [1.54, 1.807) is 6.08 Å². The van der Waals surface area contributed by atoms with Crippen molar-refractivity contribution in [2.24, 2.45) is 17.3 Å². The molecule has 0 aromatic rings. The van der Waals surface area contributed by atoms with E-state index >= 15 is 0 Å². The number of rotatable bonds is 2. The van der Waals surface area contributed by atoms with E-state index in [-0.39, 0.29) is 17.8 Å². The Labute approximate surface area is 133 Å². The van der Waals surface area contributed by atoms with E-state index < -0.39 is 47.4 Å². The molecule has 6 nitrogen and oxygen atoms in total. The van der Waals surface area contributed by atoms with Gasteiger partial charge < -0.3 is 14.2 Å². The zero-order chi connectivity index (χ0) is 16.9. The summed E-state index contributed by atoms with van der Waals surface area (Å²) in [5.41, 5.74) is -0.183. The van der Waals surface area contributed by atoms with Crippen LogP contribution in [0.5, 0.6) is 0 Å². The number of hydrogen-bond acceptors (Lipinski definition) is 6. The molecule has 3 fully saturated rings. The first-order chi connectivity index (χ1) is 10.8. The van der Waals surface area contributed by atoms with Crippen molar-refractivity contribution in [3.8, 4) is 0 Å². The van der Waals surface area contributed by atoms with Crippen molar-refractivity contribution in [3.05, 3.63) is 37.0 Å². The molecular formula is C17H18O6. The number of carbonyl (C=O) groups is 3. The van der Waals surface area contributed by atoms with E-state index in [1.807, 2.05) is 0 Å². The fourth-order valence-electron chi connectivity index (χ4n) is 3.98. The van der Waals surface area contributed by atoms with Crippen molar-refractivity contribution in [3.63, 3.8) is 0 Å². The molecule has 0 aromatic carbocycles. The number of hydrogen-bond donors (Lipinski definition) is 0. The van der Waals surface area contributed by atoms with Gasteiger partial charge in [-0.3, -0.25) is 4.79 Å². The van der Waals surface area contributed by atoms with Crippen LogP contribution in [-0.2, 0) is 28.6 Å². The van der Waals surface area contributed by atoms with Gasteiger partial charge in [0, 0.05) is 29.4 Å². The molecule has 23 heavy (non-hydrogen) atoms. The maximum absolute atomic E-state index is 12.0. The SMILES string of the molecule is C=C[C@@]12COC(=O)C(=C)[C@@H]1[C@H]1OC(=O)C(=C)[C@@H]1[C@@H](OC(C)=O)C2. The maximum Gasteiger partial charge on any atom is 0.334 e. The van der Waals surface area contributed by atoms with Gasteiger partial charge in [0.2, 0.25) is 0 Å². The third-order valence-electron chi connectivity index (χ3n) is 5.02. The fraction of sp³-hybridized carbons (Fsp3) is 0.471. The fourth-order valence-corrected chi connectivity index (χ4v) is 3.98. The van der Waals surface area contributed by atoms with Crippen molar-refractivity contribution < 1.29 is 28.6 Å². The van der Waals surface area contributed by atoms with E-state index in [0.29, 0.717) is 6.42 Å². The Morgan fingerprint density at radius 2 is 2.00 bits per heavy atom. The Kier molecular flexibility index (Phi) is 3.43. The predicted molar refractivity (Wildman–Crippen MR) is 78.9 cm³/mol. The van der Waals surface area contributed by atoms with Crippen LogP contribution >= 0.6 is 0 Å². The second kappa shape index (κ2) is 5.08. The molecule has 0 radical (unpaired) electrons. The van der Waals surface area contributed by atoms with E-state index in [2.05, 4.69) is 19.7 Å². The Balaban J connectivity index is 2.08. The smallest absolute Gasteiger partial charge is 0.334 e. The minimum Gasteiger partial charge on any atom is -0.462 e. The molecule has 2 heterocycles. The highest BCUT2D eigenvalue weighted by Gasteiger charge is 2.62. The molecule has 0 amide bonds. The Morgan fingerprint density at radius 1 is 1.30 bits per heavy atom. The molecule has 0 N–H and O–H groups in total. The summed E-state index contributed by atoms with van der Waals surface area (Å²) in [7, 11) is 0. The second-order valence-corrected chi connectivity index (χ2v) is 6.29. The number of esters is 3. The third-order valence-corrected chi connectivity index (χ3v) is 5.02. The lowest BCUT2D eigenvalue weighted by molar-refractivity contribution is -0.177. The average molecular weight is 318 g/mol. The van der Waals surface area contributed by atoms with Crippen LogP contribution in [0.3, 0.4) is 0 Å². The molecule has 0 aromatic heterocycles. The van der Waals surface area contributed by atoms with E-state index in [9.17, 15) is 14.4 Å². The molecule has 1 saturated carbocycles. The zero-order valence-corrected chi connectivity index (χ0v) is 12.9. The average Bonchev–Trinajstić information content (AvgIpc) is 2.78. The molecule has 5 atom stereocenters. The van der Waals surface area contributed by atoms with Crippen molar-refractivity contribution in [2.45, 2.75) is 25.6 Å². The third kappa shape index (κ3) is 2.12. The normalized spacial score (nSPS) is 39.0. The van der Waals surface area contributed by atoms with Crippen LogP contribution in [0.4, 0.5) is 0 Å². The van der Waals surface area contributed by atoms with Crippen LogP contribution in [-0.4, -0.2) is 36.7 Å². The molecule has 2 saturated heterocycles. The largest absolute Gasteiger partial charge is 0.462 e. The van der Waals surface area contributed by atoms with Gasteiger partial charge in [-0.25, -0.2) is 9.59 Å². The Bertz CT molecular complexity index is 647. The van der Waals surface area contributed by atoms with Crippen molar-refractivity contribution >= 4 is 17.9 Å². The summed E-state index contributed by atoms with van der Waals surface area (Å²) < 4.78 is 16.1. The number of fused-ring (bicyclic) bond motifs is 3. The van der Waals surface area contributed by atoms with Gasteiger partial charge in [0.25, 0.3) is 0 Å². The van der Waals surface area contributed by atoms with Crippen molar-refractivity contribution in [1.82, 2.24) is 0 Å². The molecule has 0 spiro atoms. The summed E-state index contributed by atoms with van der Waals surface area (Å²) in [4.78, 5) is 35.4. The van der Waals surface area contributed by atoms with E-state index in [1.165, 1.54) is 6.92 Å². The van der Waals surface area contributed by atoms with Crippen LogP contribution in [0.1, 0.15) is 13.3 Å². The maximum atomic E-state index is 12.0. The second-order valence-electron chi connectivity index (χ2n) is 6.29. The number of cyclic esters (lactones) is 1. The first-order valence-electron chi connectivity index (χ1n) is 7.37. The summed E-state index contributed by atoms with van der Waals surface area (Å²) in [5, 5.41) is 0. The number of carbonyl (C=O) groups excluding carboxylic acids is 3. The van der Waals surface area contributed by atoms with Gasteiger partial charge in [-0.2, -0.15) is 0 Å². The molecule has 0 bridgehead atoms. The lowest BCUT2D eigenvalue weighted by atomic mass is 9.57. The van der Waals surface area contributed by atoms with Crippen LogP contribution in [0.15, 0.2) is 37.0 Å². The lowest BCUT2D eigenvalue weighted by Gasteiger charge is -2.51. The first-order valence-corrected chi connectivity index (χ1v) is 7.37. The number of ether oxygens (including phenoxy) is 3. The van der Waals surface area contributed by atoms with Gasteiger partial charge in [0.15, 0.2) is 0 Å². The molecule has 3 rings (SSSR count). The van der Waals surface area contributed by atoms with Crippen molar-refractivity contribution in [1.29, 1.82) is 0 Å². The zero-order valence-electron chi connectivity index (χ0n) is 12.9. The standard InChI is InChI=1S/C17H18O6/c1-5-17-6-11(22-10(4)18)12-8(2)16(20)23-14(12)13(17)9(3)15(19)21-7-17/h5,11-14H,1-3,6-7H2,4H3/t11-,12+,13+,14-,17+/m0/s1. The topological polar surface area (TPSA) is 78.9 Å². The summed E-state index contributed by atoms with van der Waals surface area (Å²) in [5.74, 6) is -2.45. The highest BCUT2D eigenvalue weighted by atomic mass is 16.6. The van der Waals surface area contributed by atoms with Gasteiger partial charge in [0.1, 0.15) is 18.8 Å². The van der Waals surface area contributed by atoms with Gasteiger partial charge in [0.05, 0.1) is 5.92 Å². The van der Waals surface area contributed by atoms with E-state index in [4.69, 9.17) is 14.2 Å². The van der Waals surface area contributed by atoms with Gasteiger partial charge in [-0.1, -0.05) is 19.2 Å². The quantitative estimate of drug-likeness (QED) is 0.331. The van der Waals surface area contributed by atoms with Crippen molar-refractivity contribution in [2.75, 3.05) is 6.61 Å². The molecule has 122 valence electrons. The molecule has 3 aliphatic rings. The lowest BCUT2D eigenvalue weighted by Crippen LogP contribution is -2.57. The predicted octanol–water partition coefficient (Wildman–Crippen LogP) is 1.32. The monoisotopic (exact) mass is 318 g/mol. The molecule has 6 heteroatoms. The van der Waals surface area contributed by atoms with Crippen LogP contribution in [0.2, 0.25) is 0 Å². The summed E-state index contributed by atoms with van der Waals surface area (Å²) in [6.45, 7) is 12.8. The summed E-state index contributed by atoms with van der Waals surface area (Å²) in [6, 6.07) is 0. The summed E-state index contributed by atoms with van der Waals surface area (Å²) >= 11 is 0. The van der Waals surface area contributed by atoms with Crippen LogP contribution in [0.25, 0.3) is 0 Å². The highest BCUT2D eigenvalue weighted by molar-refractivity contribution is 5.93. The Hall–Kier alpha value is -2.37. The molecular weight excluding hydrogens is 300 g/mol. The molecule has 2 aliphatic heterocycles. The Morgan fingerprint density at radius 3 is 2.61 bits per heavy atom. The highest BCUT2D eigenvalue weighted by Crippen LogP contribution is 2.55. The van der Waals surface area contributed by atoms with E-state index in [0.717, 1.165) is 0 Å². The first kappa shape index (κ1) is 15.5. The van der Waals surface area contributed by atoms with Crippen LogP contribution in [0, 0.1) is 17.3 Å². The molecule has 1 aliphatic carbocycles. The van der Waals surface area contributed by atoms with Gasteiger partial charge >= 0.3 is 17.9 Å². The molecule has 0 unspecified atom stereocenters. The van der Waals surface area contributed by atoms with Crippen LogP contribution < -0.4 is 0 Å². The van der Waals surface area contributed by atoms with Gasteiger partial charge in [-0.15, -0.1) is 6.58 Å². The van der Waals surface area contributed by atoms with Gasteiger partial charge in [-0.05, 0) is 6.42 Å². The summed E-state index contributed by atoms with van der Waals surface area (Å²) in [6.07, 6.45) is 0.794.